The van der Waals surface area contributed by atoms with E-state index in [0.717, 1.165) is 32.5 Å². The molecule has 152 valence electrons. The van der Waals surface area contributed by atoms with Crippen molar-refractivity contribution in [3.63, 3.8) is 0 Å². The average molecular weight is 426 g/mol. The quantitative estimate of drug-likeness (QED) is 0.394. The molecule has 0 saturated heterocycles. The van der Waals surface area contributed by atoms with E-state index >= 15 is 0 Å². The lowest BCUT2D eigenvalue weighted by Crippen LogP contribution is -2.08. The predicted octanol–water partition coefficient (Wildman–Crippen LogP) is 5.67. The van der Waals surface area contributed by atoms with Crippen molar-refractivity contribution in [3.8, 4) is 11.4 Å². The summed E-state index contributed by atoms with van der Waals surface area (Å²) in [5.41, 5.74) is 3.23. The SMILES string of the molecule is COc1ccc(C2=C(OC(=O)c3ccncc3)c3cccn3-c3ccccc3S2)cc1. The van der Waals surface area contributed by atoms with Crippen LogP contribution < -0.4 is 4.74 Å². The highest BCUT2D eigenvalue weighted by Gasteiger charge is 2.26. The summed E-state index contributed by atoms with van der Waals surface area (Å²) in [6.45, 7) is 0. The molecule has 1 aliphatic rings. The molecule has 0 saturated carbocycles. The molecule has 0 amide bonds. The lowest BCUT2D eigenvalue weighted by atomic mass is 10.1. The molecule has 0 N–H and O–H groups in total. The van der Waals surface area contributed by atoms with E-state index in [0.29, 0.717) is 11.3 Å². The highest BCUT2D eigenvalue weighted by molar-refractivity contribution is 8.08. The van der Waals surface area contributed by atoms with Crippen molar-refractivity contribution in [2.45, 2.75) is 4.90 Å². The van der Waals surface area contributed by atoms with Crippen molar-refractivity contribution in [2.24, 2.45) is 0 Å². The van der Waals surface area contributed by atoms with Crippen molar-refractivity contribution >= 4 is 28.4 Å². The first-order valence-electron chi connectivity index (χ1n) is 9.70. The number of carbonyl (C=O) groups excluding carboxylic acids is 1. The van der Waals surface area contributed by atoms with Crippen LogP contribution in [0, 0.1) is 0 Å². The summed E-state index contributed by atoms with van der Waals surface area (Å²) in [6.07, 6.45) is 5.14. The van der Waals surface area contributed by atoms with Crippen LogP contribution in [0.5, 0.6) is 5.75 Å². The molecule has 5 rings (SSSR count). The molecular weight excluding hydrogens is 408 g/mol. The van der Waals surface area contributed by atoms with Crippen LogP contribution in [0.2, 0.25) is 0 Å². The number of aromatic nitrogens is 2. The number of fused-ring (bicyclic) bond motifs is 3. The zero-order chi connectivity index (χ0) is 21.2. The Kier molecular flexibility index (Phi) is 5.06. The fourth-order valence-corrected chi connectivity index (χ4v) is 4.59. The third-order valence-corrected chi connectivity index (χ3v) is 6.18. The second-order valence-corrected chi connectivity index (χ2v) is 7.90. The molecule has 2 aromatic carbocycles. The summed E-state index contributed by atoms with van der Waals surface area (Å²) in [5, 5.41) is 0. The van der Waals surface area contributed by atoms with E-state index < -0.39 is 5.97 Å². The summed E-state index contributed by atoms with van der Waals surface area (Å²) >= 11 is 1.58. The summed E-state index contributed by atoms with van der Waals surface area (Å²) in [5.74, 6) is 0.850. The monoisotopic (exact) mass is 426 g/mol. The number of methoxy groups -OCH3 is 1. The van der Waals surface area contributed by atoms with Gasteiger partial charge in [0.2, 0.25) is 0 Å². The van der Waals surface area contributed by atoms with E-state index in [-0.39, 0.29) is 0 Å². The van der Waals surface area contributed by atoms with Crippen LogP contribution in [-0.2, 0) is 4.74 Å². The van der Waals surface area contributed by atoms with Crippen LogP contribution in [-0.4, -0.2) is 22.6 Å². The summed E-state index contributed by atoms with van der Waals surface area (Å²) in [6, 6.07) is 23.1. The maximum absolute atomic E-state index is 13.0. The molecule has 0 aliphatic carbocycles. The second kappa shape index (κ2) is 8.16. The third-order valence-electron chi connectivity index (χ3n) is 4.99. The number of rotatable bonds is 4. The lowest BCUT2D eigenvalue weighted by molar-refractivity contribution is 0.0692. The summed E-state index contributed by atoms with van der Waals surface area (Å²) in [4.78, 5) is 18.9. The van der Waals surface area contributed by atoms with Gasteiger partial charge in [-0.05, 0) is 54.1 Å². The van der Waals surface area contributed by atoms with Gasteiger partial charge < -0.3 is 14.0 Å². The Hall–Kier alpha value is -3.77. The van der Waals surface area contributed by atoms with Crippen LogP contribution in [0.1, 0.15) is 21.6 Å². The highest BCUT2D eigenvalue weighted by atomic mass is 32.2. The first-order chi connectivity index (χ1) is 15.2. The molecule has 31 heavy (non-hydrogen) atoms. The van der Waals surface area contributed by atoms with Crippen LogP contribution in [0.15, 0.2) is 96.3 Å². The predicted molar refractivity (Wildman–Crippen MR) is 121 cm³/mol. The Morgan fingerprint density at radius 2 is 1.71 bits per heavy atom. The zero-order valence-corrected chi connectivity index (χ0v) is 17.5. The van der Waals surface area contributed by atoms with Gasteiger partial charge >= 0.3 is 5.97 Å². The van der Waals surface area contributed by atoms with E-state index in [1.165, 1.54) is 0 Å². The first kappa shape index (κ1) is 19.2. The lowest BCUT2D eigenvalue weighted by Gasteiger charge is -2.14. The maximum atomic E-state index is 13.0. The Bertz CT molecular complexity index is 1280. The smallest absolute Gasteiger partial charge is 0.343 e. The van der Waals surface area contributed by atoms with Gasteiger partial charge in [-0.1, -0.05) is 36.0 Å². The molecule has 0 radical (unpaired) electrons. The van der Waals surface area contributed by atoms with Crippen molar-refractivity contribution in [2.75, 3.05) is 7.11 Å². The van der Waals surface area contributed by atoms with E-state index in [9.17, 15) is 4.79 Å². The fourth-order valence-electron chi connectivity index (χ4n) is 3.46. The number of carbonyl (C=O) groups is 1. The molecule has 0 atom stereocenters. The van der Waals surface area contributed by atoms with E-state index in [4.69, 9.17) is 9.47 Å². The Morgan fingerprint density at radius 1 is 0.935 bits per heavy atom. The minimum Gasteiger partial charge on any atom is -0.497 e. The molecule has 0 unspecified atom stereocenters. The van der Waals surface area contributed by atoms with Gasteiger partial charge in [-0.15, -0.1) is 0 Å². The Morgan fingerprint density at radius 3 is 2.48 bits per heavy atom. The number of hydrogen-bond acceptors (Lipinski definition) is 5. The largest absolute Gasteiger partial charge is 0.497 e. The van der Waals surface area contributed by atoms with Gasteiger partial charge in [0, 0.05) is 23.5 Å². The number of pyridine rings is 1. The van der Waals surface area contributed by atoms with E-state index in [1.54, 1.807) is 43.4 Å². The van der Waals surface area contributed by atoms with Crippen molar-refractivity contribution in [3.05, 3.63) is 108 Å². The normalized spacial score (nSPS) is 12.5. The van der Waals surface area contributed by atoms with Crippen LogP contribution >= 0.6 is 11.8 Å². The molecule has 2 aromatic heterocycles. The van der Waals surface area contributed by atoms with Crippen LogP contribution in [0.25, 0.3) is 16.4 Å². The van der Waals surface area contributed by atoms with Crippen LogP contribution in [0.4, 0.5) is 0 Å². The van der Waals surface area contributed by atoms with Gasteiger partial charge in [0.05, 0.1) is 29.0 Å². The van der Waals surface area contributed by atoms with Gasteiger partial charge in [0.15, 0.2) is 5.76 Å². The number of thioether (sulfide) groups is 1. The van der Waals surface area contributed by atoms with Crippen molar-refractivity contribution in [1.29, 1.82) is 0 Å². The molecule has 0 spiro atoms. The fraction of sp³-hybridized carbons (Fsp3) is 0.0400. The number of benzene rings is 2. The van der Waals surface area contributed by atoms with Gasteiger partial charge in [0.1, 0.15) is 5.75 Å². The molecule has 0 bridgehead atoms. The molecule has 4 aromatic rings. The number of esters is 1. The van der Waals surface area contributed by atoms with Gasteiger partial charge in [-0.2, -0.15) is 0 Å². The topological polar surface area (TPSA) is 53.4 Å². The van der Waals surface area contributed by atoms with Gasteiger partial charge in [0.25, 0.3) is 0 Å². The van der Waals surface area contributed by atoms with Crippen LogP contribution in [0.3, 0.4) is 0 Å². The van der Waals surface area contributed by atoms with Crippen molar-refractivity contribution in [1.82, 2.24) is 9.55 Å². The molecule has 5 nitrogen and oxygen atoms in total. The van der Waals surface area contributed by atoms with E-state index in [2.05, 4.69) is 17.1 Å². The number of nitrogens with zero attached hydrogens (tertiary/aromatic N) is 2. The summed E-state index contributed by atoms with van der Waals surface area (Å²) in [7, 11) is 1.64. The van der Waals surface area contributed by atoms with Gasteiger partial charge in [-0.25, -0.2) is 4.79 Å². The Labute approximate surface area is 184 Å². The van der Waals surface area contributed by atoms with E-state index in [1.807, 2.05) is 59.3 Å². The Balaban J connectivity index is 1.69. The van der Waals surface area contributed by atoms with Gasteiger partial charge in [-0.3, -0.25) is 4.98 Å². The number of ether oxygens (including phenoxy) is 2. The molecule has 0 fully saturated rings. The maximum Gasteiger partial charge on any atom is 0.343 e. The minimum absolute atomic E-state index is 0.428. The third kappa shape index (κ3) is 3.62. The second-order valence-electron chi connectivity index (χ2n) is 6.85. The average Bonchev–Trinajstić information content (AvgIpc) is 3.27. The zero-order valence-electron chi connectivity index (χ0n) is 16.7. The minimum atomic E-state index is -0.428. The number of hydrogen-bond donors (Lipinski definition) is 0. The van der Waals surface area contributed by atoms with Crippen molar-refractivity contribution < 1.29 is 14.3 Å². The standard InChI is InChI=1S/C25H18N2O3S/c1-29-19-10-8-17(9-11-19)24-23(30-25(28)18-12-14-26-15-13-18)21-6-4-16-27(21)20-5-2-3-7-22(20)31-24/h2-16H,1H3. The molecule has 1 aliphatic heterocycles. The summed E-state index contributed by atoms with van der Waals surface area (Å²) < 4.78 is 13.4. The number of para-hydroxylation sites is 1. The molecular formula is C25H18N2O3S. The highest BCUT2D eigenvalue weighted by Crippen LogP contribution is 2.46. The molecule has 3 heterocycles. The first-order valence-corrected chi connectivity index (χ1v) is 10.5. The molecule has 6 heteroatoms.